The summed E-state index contributed by atoms with van der Waals surface area (Å²) in [5, 5.41) is 13.2. The number of anilines is 1. The summed E-state index contributed by atoms with van der Waals surface area (Å²) in [7, 11) is 1.47. The third kappa shape index (κ3) is 9.65. The molecule has 10 atom stereocenters. The number of aromatic amines is 1. The van der Waals surface area contributed by atoms with Crippen molar-refractivity contribution < 1.29 is 70.0 Å². The Morgan fingerprint density at radius 3 is 2.57 bits per heavy atom. The summed E-state index contributed by atoms with van der Waals surface area (Å²) in [6.07, 6.45) is -10.9. The van der Waals surface area contributed by atoms with Crippen molar-refractivity contribution in [3.63, 3.8) is 0 Å². The number of H-pyrrole nitrogens is 1. The van der Waals surface area contributed by atoms with E-state index in [1.54, 1.807) is 0 Å². The van der Waals surface area contributed by atoms with Gasteiger partial charge in [0.15, 0.2) is 47.1 Å². The number of alkyl halides is 1. The molecule has 4 N–H and O–H groups in total. The van der Waals surface area contributed by atoms with Gasteiger partial charge in [0.25, 0.3) is 5.56 Å². The second-order valence-electron chi connectivity index (χ2n) is 14.3. The first kappa shape index (κ1) is 45.1. The molecule has 3 fully saturated rings. The van der Waals surface area contributed by atoms with Crippen LogP contribution in [0.25, 0.3) is 22.2 Å². The van der Waals surface area contributed by atoms with Crippen molar-refractivity contribution in [3.8, 4) is 0 Å². The maximum absolute atomic E-state index is 16.5. The van der Waals surface area contributed by atoms with Gasteiger partial charge in [-0.15, -0.1) is 0 Å². The van der Waals surface area contributed by atoms with Crippen LogP contribution < -0.4 is 10.9 Å². The minimum Gasteiger partial charge on any atom is -0.447 e. The lowest BCUT2D eigenvalue weighted by Crippen LogP contribution is -2.35. The van der Waals surface area contributed by atoms with Gasteiger partial charge in [-0.1, -0.05) is 42.1 Å². The number of carbonyl (C=O) groups excluding carboxylic acids is 2. The number of hydrogen-bond acceptors (Lipinski definition) is 18. The average molecular weight is 960 g/mol. The predicted octanol–water partition coefficient (Wildman–Crippen LogP) is 3.39. The minimum absolute atomic E-state index is 0.00886. The molecule has 3 aliphatic rings. The zero-order chi connectivity index (χ0) is 44.8. The molecule has 2 bridgehead atoms. The highest BCUT2D eigenvalue weighted by Gasteiger charge is 2.53. The van der Waals surface area contributed by atoms with Crippen LogP contribution in [0.15, 0.2) is 54.2 Å². The van der Waals surface area contributed by atoms with Crippen molar-refractivity contribution in [2.75, 3.05) is 38.7 Å². The zero-order valence-electron chi connectivity index (χ0n) is 32.7. The second kappa shape index (κ2) is 18.2. The molecule has 0 aliphatic carbocycles. The van der Waals surface area contributed by atoms with Crippen molar-refractivity contribution in [2.24, 2.45) is 0 Å². The number of fused-ring (bicyclic) bond motifs is 5. The van der Waals surface area contributed by atoms with Crippen LogP contribution in [0, 0.1) is 12.7 Å². The normalized spacial score (nSPS) is 30.0. The molecule has 0 spiro atoms. The number of aliphatic hydroxyl groups is 1. The molecule has 1 aromatic carbocycles. The summed E-state index contributed by atoms with van der Waals surface area (Å²) in [4.78, 5) is 68.6. The topological polar surface area (TPSA) is 275 Å². The molecule has 2 amide bonds. The Morgan fingerprint density at radius 1 is 1.05 bits per heavy atom. The Labute approximate surface area is 363 Å². The van der Waals surface area contributed by atoms with E-state index in [1.165, 1.54) is 11.9 Å². The molecular weight excluding hydrogens is 923 g/mol. The molecule has 4 unspecified atom stereocenters. The zero-order valence-corrected chi connectivity index (χ0v) is 36.2. The number of aliphatic hydroxyl groups excluding tert-OH is 1. The first-order valence-corrected chi connectivity index (χ1v) is 24.0. The molecule has 7 heterocycles. The van der Waals surface area contributed by atoms with Crippen LogP contribution in [0.3, 0.4) is 0 Å². The van der Waals surface area contributed by atoms with Gasteiger partial charge < -0.3 is 47.9 Å². The van der Waals surface area contributed by atoms with Crippen molar-refractivity contribution in [2.45, 2.75) is 62.7 Å². The first-order chi connectivity index (χ1) is 30.0. The average Bonchev–Trinajstić information content (AvgIpc) is 3.98. The number of amides is 2. The van der Waals surface area contributed by atoms with Gasteiger partial charge in [0.2, 0.25) is 0 Å². The molecule has 4 aromatic heterocycles. The third-order valence-electron chi connectivity index (χ3n) is 10.0. The molecule has 3 saturated heterocycles. The van der Waals surface area contributed by atoms with Gasteiger partial charge in [0.1, 0.15) is 55.4 Å². The lowest BCUT2D eigenvalue weighted by atomic mass is 10.1. The van der Waals surface area contributed by atoms with Crippen LogP contribution >= 0.6 is 25.8 Å². The number of benzene rings is 1. The van der Waals surface area contributed by atoms with Gasteiger partial charge in [-0.25, -0.2) is 42.9 Å². The Balaban J connectivity index is 0.941. The first-order valence-electron chi connectivity index (χ1n) is 18.7. The lowest BCUT2D eigenvalue weighted by Gasteiger charge is -2.27. The highest BCUT2D eigenvalue weighted by molar-refractivity contribution is 8.44. The van der Waals surface area contributed by atoms with Crippen LogP contribution in [0.1, 0.15) is 23.6 Å². The van der Waals surface area contributed by atoms with Crippen LogP contribution in [-0.2, 0) is 60.0 Å². The van der Waals surface area contributed by atoms with Crippen molar-refractivity contribution in [1.29, 1.82) is 0 Å². The van der Waals surface area contributed by atoms with E-state index < -0.39 is 105 Å². The lowest BCUT2D eigenvalue weighted by molar-refractivity contribution is -0.0586. The Morgan fingerprint density at radius 2 is 1.79 bits per heavy atom. The van der Waals surface area contributed by atoms with E-state index in [4.69, 9.17) is 48.8 Å². The van der Waals surface area contributed by atoms with Gasteiger partial charge in [0, 0.05) is 13.2 Å². The fourth-order valence-corrected chi connectivity index (χ4v) is 9.78. The number of aromatic nitrogens is 7. The van der Waals surface area contributed by atoms with E-state index in [0.717, 1.165) is 45.4 Å². The Kier molecular flexibility index (Phi) is 13.0. The molecular formula is C34H37F2N9O14P2S2. The maximum atomic E-state index is 16.5. The van der Waals surface area contributed by atoms with E-state index in [1.807, 2.05) is 31.2 Å². The van der Waals surface area contributed by atoms with Crippen molar-refractivity contribution in [1.82, 2.24) is 39.0 Å². The SMILES string of the molecule is Cc1ccc(COC(=O)N(C)CCOC(=O)Nc2ncnc3c2ncn3C2O[C@@H]3COP(O)(=S)O[C@@H]4[C@H](O)C(COP(=O)(S)O[C@H]3[C@H]2F)O[C@H]4n2cc(F)c3c(=O)[nH]cnc32)cc1. The largest absolute Gasteiger partial charge is 0.447 e. The van der Waals surface area contributed by atoms with Crippen LogP contribution in [0.4, 0.5) is 24.2 Å². The minimum atomic E-state index is -4.56. The summed E-state index contributed by atoms with van der Waals surface area (Å²) < 4.78 is 91.9. The van der Waals surface area contributed by atoms with Gasteiger partial charge in [0.05, 0.1) is 32.4 Å². The van der Waals surface area contributed by atoms with E-state index in [2.05, 4.69) is 42.5 Å². The molecule has 0 saturated carbocycles. The molecule has 23 nitrogen and oxygen atoms in total. The fourth-order valence-electron chi connectivity index (χ4n) is 6.89. The van der Waals surface area contributed by atoms with E-state index in [9.17, 15) is 33.3 Å². The summed E-state index contributed by atoms with van der Waals surface area (Å²) in [5.41, 5.74) is 0.778. The molecule has 8 rings (SSSR count). The maximum Gasteiger partial charge on any atom is 0.412 e. The molecule has 5 aromatic rings. The van der Waals surface area contributed by atoms with Gasteiger partial charge in [-0.2, -0.15) is 0 Å². The quantitative estimate of drug-likeness (QED) is 0.110. The number of carbonyl (C=O) groups is 2. The predicted molar refractivity (Wildman–Crippen MR) is 218 cm³/mol. The second-order valence-corrected chi connectivity index (χ2v) is 20.0. The summed E-state index contributed by atoms with van der Waals surface area (Å²) in [6.45, 7) is -8.70. The van der Waals surface area contributed by atoms with E-state index in [0.29, 0.717) is 0 Å². The fraction of sp³-hybridized carbons (Fsp3) is 0.441. The summed E-state index contributed by atoms with van der Waals surface area (Å²) >= 11 is 9.26. The number of nitrogens with one attached hydrogen (secondary N) is 2. The molecule has 338 valence electrons. The summed E-state index contributed by atoms with van der Waals surface area (Å²) in [5.74, 6) is -1.12. The monoisotopic (exact) mass is 959 g/mol. The molecule has 63 heavy (non-hydrogen) atoms. The van der Waals surface area contributed by atoms with Crippen LogP contribution in [0.2, 0.25) is 0 Å². The number of hydrogen-bond donors (Lipinski definition) is 5. The molecule has 0 radical (unpaired) electrons. The van der Waals surface area contributed by atoms with E-state index >= 15 is 4.39 Å². The van der Waals surface area contributed by atoms with Crippen molar-refractivity contribution in [3.05, 3.63) is 76.7 Å². The highest BCUT2D eigenvalue weighted by Crippen LogP contribution is 2.58. The number of ether oxygens (including phenoxy) is 4. The third-order valence-corrected chi connectivity index (χ3v) is 13.2. The number of rotatable bonds is 8. The molecule has 3 aliphatic heterocycles. The molecule has 29 heteroatoms. The Hall–Kier alpha value is -4.50. The van der Waals surface area contributed by atoms with Gasteiger partial charge >= 0.3 is 25.7 Å². The smallest absolute Gasteiger partial charge is 0.412 e. The highest BCUT2D eigenvalue weighted by atomic mass is 32.7. The van der Waals surface area contributed by atoms with Crippen molar-refractivity contribution >= 4 is 77.8 Å². The number of halogens is 2. The van der Waals surface area contributed by atoms with Gasteiger partial charge in [-0.3, -0.25) is 28.2 Å². The van der Waals surface area contributed by atoms with Crippen LogP contribution in [-0.4, -0.2) is 131 Å². The van der Waals surface area contributed by atoms with Crippen LogP contribution in [0.5, 0.6) is 0 Å². The summed E-state index contributed by atoms with van der Waals surface area (Å²) in [6, 6.07) is 7.47. The number of likely N-dealkylation sites (N-methyl/N-ethyl adjacent to an activating group) is 1. The number of aryl methyl sites for hydroxylation is 1. The number of thiol groups is 1. The Bertz CT molecular complexity index is 2680. The standard InChI is InChI=1S/C34H37F2N9O14P2S2/c1-16-3-5-17(6-4-16)10-53-34(49)43(2)7-8-52-33(48)42-27-23-29(39-13-37-27)45(15-41-23)31-22(36)25-20(57-31)12-55-61(51,63)59-26-24(46)19(11-54-60(50,62)58-25)56-32(26)44-9-18(35)21-28(44)38-14-40-30(21)47/h3-6,9,13-15,19-20,22,24-26,31-32,46H,7-8,10-12H2,1-2H3,(H,50,62)(H,51,63)(H,38,40,47)(H,37,39,42,48)/t19?,20-,22-,24-,25-,26-,31?,32-,60?,61?/m1/s1. The van der Waals surface area contributed by atoms with Gasteiger partial charge in [-0.05, 0) is 24.3 Å². The number of imidazole rings is 1. The number of nitrogens with zero attached hydrogens (tertiary/aromatic N) is 7. The van der Waals surface area contributed by atoms with E-state index in [-0.39, 0.29) is 42.4 Å².